The molecule has 2 heterocycles. The summed E-state index contributed by atoms with van der Waals surface area (Å²) in [7, 11) is -9.61. The summed E-state index contributed by atoms with van der Waals surface area (Å²) in [5.41, 5.74) is 4.50. The first kappa shape index (κ1) is 39.9. The van der Waals surface area contributed by atoms with E-state index >= 15 is 0 Å². The average Bonchev–Trinajstić information content (AvgIpc) is 3.18. The van der Waals surface area contributed by atoms with Crippen molar-refractivity contribution >= 4 is 90.6 Å². The molecule has 2 aromatic heterocycles. The summed E-state index contributed by atoms with van der Waals surface area (Å²) in [5.74, 6) is 1.32. The smallest absolute Gasteiger partial charge is 0.233 e. The van der Waals surface area contributed by atoms with Gasteiger partial charge in [0, 0.05) is 28.4 Å². The van der Waals surface area contributed by atoms with Crippen LogP contribution in [0.1, 0.15) is 22.5 Å². The van der Waals surface area contributed by atoms with Gasteiger partial charge in [-0.05, 0) is 103 Å². The largest absolute Gasteiger partial charge is 0.744 e. The third kappa shape index (κ3) is 10.8. The third-order valence-corrected chi connectivity index (χ3v) is 10.1. The molecule has 0 unspecified atom stereocenters. The zero-order valence-corrected chi connectivity index (χ0v) is 32.8. The summed E-state index contributed by atoms with van der Waals surface area (Å²) < 4.78 is 71.8. The molecule has 298 valence electrons. The van der Waals surface area contributed by atoms with E-state index in [0.29, 0.717) is 34.8 Å². The van der Waals surface area contributed by atoms with E-state index in [-0.39, 0.29) is 29.1 Å². The van der Waals surface area contributed by atoms with Crippen molar-refractivity contribution in [2.75, 3.05) is 26.6 Å². The zero-order chi connectivity index (χ0) is 41.6. The van der Waals surface area contributed by atoms with Crippen molar-refractivity contribution in [1.82, 2.24) is 29.9 Å². The Morgan fingerprint density at radius 1 is 0.441 bits per heavy atom. The van der Waals surface area contributed by atoms with E-state index in [9.17, 15) is 25.9 Å². The molecule has 0 fully saturated rings. The molecule has 7 rings (SSSR count). The first-order valence-corrected chi connectivity index (χ1v) is 20.4. The first-order chi connectivity index (χ1) is 28.2. The van der Waals surface area contributed by atoms with Crippen LogP contribution in [0.25, 0.3) is 12.2 Å². The van der Waals surface area contributed by atoms with Crippen molar-refractivity contribution in [2.45, 2.75) is 23.6 Å². The van der Waals surface area contributed by atoms with Crippen molar-refractivity contribution in [3.8, 4) is 0 Å². The number of para-hydroxylation sites is 2. The van der Waals surface area contributed by atoms with Crippen LogP contribution < -0.4 is 26.6 Å². The Morgan fingerprint density at radius 2 is 0.831 bits per heavy atom. The van der Waals surface area contributed by atoms with Gasteiger partial charge in [-0.25, -0.2) is 16.8 Å². The van der Waals surface area contributed by atoms with Gasteiger partial charge in [0.2, 0.25) is 29.7 Å². The molecule has 0 atom stereocenters. The number of rotatable bonds is 14. The molecule has 19 heteroatoms. The molecule has 17 nitrogen and oxygen atoms in total. The number of nitrogens with zero attached hydrogens (tertiary/aromatic N) is 6. The van der Waals surface area contributed by atoms with Gasteiger partial charge in [0.25, 0.3) is 0 Å². The van der Waals surface area contributed by atoms with Crippen LogP contribution in [0.15, 0.2) is 131 Å². The molecule has 0 bridgehead atoms. The molecule has 0 aliphatic carbocycles. The standard InChI is InChI=1S/C40H35N11O6S2/c1-25-23-32(46-37-42-26(2)41-36(48-37)43-29-9-5-3-6-10-29)17-15-27(25)13-14-28-16-18-33(24-35(28)59(55,56)57)47-40-50-38(44-30-11-7-4-8-12-30)49-39(51-40)45-31-19-21-34(22-20-31)58(52,53)54/h3-24H,1-2H3,(H,52,53,54)(H,55,56,57)(H2,41,42,43,46,48)(H3,44,45,47,49,50,51)/p-2/b14-13+. The molecule has 5 N–H and O–H groups in total. The number of aryl methyl sites for hydroxylation is 2. The number of aromatic nitrogens is 6. The maximum Gasteiger partial charge on any atom is 0.233 e. The van der Waals surface area contributed by atoms with E-state index in [1.165, 1.54) is 30.3 Å². The maximum absolute atomic E-state index is 12.5. The second-order valence-corrected chi connectivity index (χ2v) is 15.5. The van der Waals surface area contributed by atoms with Crippen LogP contribution in [0.5, 0.6) is 0 Å². The Morgan fingerprint density at radius 3 is 1.29 bits per heavy atom. The number of anilines is 10. The minimum atomic E-state index is -4.96. The fourth-order valence-corrected chi connectivity index (χ4v) is 6.78. The van der Waals surface area contributed by atoms with Gasteiger partial charge in [0.1, 0.15) is 26.1 Å². The summed E-state index contributed by atoms with van der Waals surface area (Å²) in [4.78, 5) is 25.5. The summed E-state index contributed by atoms with van der Waals surface area (Å²) in [6.07, 6.45) is 3.24. The van der Waals surface area contributed by atoms with Gasteiger partial charge in [0.05, 0.1) is 9.79 Å². The Bertz CT molecular complexity index is 2890. The van der Waals surface area contributed by atoms with Crippen molar-refractivity contribution < 1.29 is 25.9 Å². The van der Waals surface area contributed by atoms with Crippen LogP contribution in [0, 0.1) is 13.8 Å². The minimum Gasteiger partial charge on any atom is -0.744 e. The van der Waals surface area contributed by atoms with E-state index in [2.05, 4.69) is 56.5 Å². The quantitative estimate of drug-likeness (QED) is 0.0530. The average molecular weight is 828 g/mol. The van der Waals surface area contributed by atoms with Gasteiger partial charge in [-0.2, -0.15) is 29.9 Å². The lowest BCUT2D eigenvalue weighted by Gasteiger charge is -2.15. The van der Waals surface area contributed by atoms with Crippen molar-refractivity contribution in [2.24, 2.45) is 0 Å². The molecular weight excluding hydrogens is 795 g/mol. The molecular formula is C40H33N11O6S2-2. The van der Waals surface area contributed by atoms with Crippen LogP contribution >= 0.6 is 0 Å². The predicted octanol–water partition coefficient (Wildman–Crippen LogP) is 7.37. The Labute approximate surface area is 339 Å². The second kappa shape index (κ2) is 17.0. The summed E-state index contributed by atoms with van der Waals surface area (Å²) in [6, 6.07) is 33.3. The van der Waals surface area contributed by atoms with Gasteiger partial charge < -0.3 is 35.7 Å². The maximum atomic E-state index is 12.5. The number of benzene rings is 5. The lowest BCUT2D eigenvalue weighted by Crippen LogP contribution is -2.08. The van der Waals surface area contributed by atoms with E-state index in [4.69, 9.17) is 0 Å². The minimum absolute atomic E-state index is 0.0136. The normalized spacial score (nSPS) is 11.6. The molecule has 0 aliphatic rings. The van der Waals surface area contributed by atoms with Gasteiger partial charge in [-0.3, -0.25) is 0 Å². The van der Waals surface area contributed by atoms with Gasteiger partial charge in [-0.15, -0.1) is 0 Å². The molecule has 7 aromatic rings. The van der Waals surface area contributed by atoms with E-state index < -0.39 is 30.0 Å². The lowest BCUT2D eigenvalue weighted by molar-refractivity contribution is 0.461. The molecule has 0 radical (unpaired) electrons. The Hall–Kier alpha value is -7.32. The fraction of sp³-hybridized carbons (Fsp3) is 0.0500. The van der Waals surface area contributed by atoms with E-state index in [0.717, 1.165) is 28.9 Å². The molecule has 59 heavy (non-hydrogen) atoms. The van der Waals surface area contributed by atoms with Crippen LogP contribution in [0.4, 0.5) is 58.2 Å². The fourth-order valence-electron chi connectivity index (χ4n) is 5.62. The highest BCUT2D eigenvalue weighted by atomic mass is 32.2. The summed E-state index contributed by atoms with van der Waals surface area (Å²) >= 11 is 0. The SMILES string of the molecule is Cc1nc(Nc2ccccc2)nc(Nc2ccc(/C=C/c3ccc(Nc4nc(Nc5ccccc5)nc(Nc5ccc(S(=O)(=O)[O-])cc5)n4)cc3S(=O)(=O)[O-])c(C)c2)n1. The van der Waals surface area contributed by atoms with Gasteiger partial charge in [0.15, 0.2) is 0 Å². The van der Waals surface area contributed by atoms with Gasteiger partial charge >= 0.3 is 0 Å². The molecule has 0 saturated carbocycles. The van der Waals surface area contributed by atoms with Crippen LogP contribution in [-0.4, -0.2) is 55.8 Å². The Kier molecular flexibility index (Phi) is 11.5. The highest BCUT2D eigenvalue weighted by molar-refractivity contribution is 7.86. The van der Waals surface area contributed by atoms with Crippen LogP contribution in [-0.2, 0) is 20.2 Å². The topological polar surface area (TPSA) is 252 Å². The molecule has 5 aromatic carbocycles. The first-order valence-electron chi connectivity index (χ1n) is 17.6. The second-order valence-electron chi connectivity index (χ2n) is 12.8. The molecule has 0 spiro atoms. The zero-order valence-electron chi connectivity index (χ0n) is 31.2. The third-order valence-electron chi connectivity index (χ3n) is 8.35. The number of nitrogens with one attached hydrogen (secondary N) is 5. The molecule has 0 amide bonds. The molecule has 0 saturated heterocycles. The Balaban J connectivity index is 1.11. The van der Waals surface area contributed by atoms with Crippen LogP contribution in [0.3, 0.4) is 0 Å². The predicted molar refractivity (Wildman–Crippen MR) is 223 cm³/mol. The monoisotopic (exact) mass is 827 g/mol. The van der Waals surface area contributed by atoms with Gasteiger partial charge in [-0.1, -0.05) is 60.7 Å². The summed E-state index contributed by atoms with van der Waals surface area (Å²) in [5, 5.41) is 15.3. The number of hydrogen-bond donors (Lipinski definition) is 5. The molecule has 0 aliphatic heterocycles. The number of hydrogen-bond acceptors (Lipinski definition) is 17. The van der Waals surface area contributed by atoms with E-state index in [1.807, 2.05) is 73.7 Å². The van der Waals surface area contributed by atoms with Crippen molar-refractivity contribution in [1.29, 1.82) is 0 Å². The lowest BCUT2D eigenvalue weighted by atomic mass is 10.1. The summed E-state index contributed by atoms with van der Waals surface area (Å²) in [6.45, 7) is 3.65. The highest BCUT2D eigenvalue weighted by Crippen LogP contribution is 2.28. The van der Waals surface area contributed by atoms with Crippen molar-refractivity contribution in [3.05, 3.63) is 144 Å². The highest BCUT2D eigenvalue weighted by Gasteiger charge is 2.13. The van der Waals surface area contributed by atoms with Crippen LogP contribution in [0.2, 0.25) is 0 Å². The van der Waals surface area contributed by atoms with E-state index in [1.54, 1.807) is 31.2 Å². The van der Waals surface area contributed by atoms with Crippen molar-refractivity contribution in [3.63, 3.8) is 0 Å².